The molecule has 4 rings (SSSR count). The number of amides is 1. The zero-order chi connectivity index (χ0) is 23.0. The second-order valence-corrected chi connectivity index (χ2v) is 8.77. The molecule has 0 aliphatic carbocycles. The van der Waals surface area contributed by atoms with Crippen LogP contribution in [0, 0.1) is 5.82 Å². The van der Waals surface area contributed by atoms with Crippen LogP contribution in [0.15, 0.2) is 84.0 Å². The van der Waals surface area contributed by atoms with E-state index in [1.807, 2.05) is 59.2 Å². The first-order chi connectivity index (χ1) is 16.1. The Hall–Kier alpha value is -3.16. The molecule has 5 nitrogen and oxygen atoms in total. The standard InChI is InChI=1S/C25H22ClFN4OS/c26-20-8-12-22(13-9-20)31-23(16-19-4-2-1-3-5-19)29-30-25(31)33-17-24(32)28-15-14-18-6-10-21(27)11-7-18/h1-13H,14-17H2,(H,28,32). The van der Waals surface area contributed by atoms with E-state index in [-0.39, 0.29) is 17.5 Å². The molecule has 0 saturated heterocycles. The van der Waals surface area contributed by atoms with Gasteiger partial charge in [-0.3, -0.25) is 9.36 Å². The van der Waals surface area contributed by atoms with Gasteiger partial charge in [0.05, 0.1) is 5.75 Å². The molecule has 1 N–H and O–H groups in total. The van der Waals surface area contributed by atoms with Crippen molar-refractivity contribution in [2.75, 3.05) is 12.3 Å². The highest BCUT2D eigenvalue weighted by Crippen LogP contribution is 2.24. The second-order valence-electron chi connectivity index (χ2n) is 7.39. The highest BCUT2D eigenvalue weighted by atomic mass is 35.5. The molecule has 0 saturated carbocycles. The number of nitrogens with zero attached hydrogens (tertiary/aromatic N) is 3. The lowest BCUT2D eigenvalue weighted by Gasteiger charge is -2.11. The minimum Gasteiger partial charge on any atom is -0.355 e. The fourth-order valence-electron chi connectivity index (χ4n) is 3.31. The molecule has 1 amide bonds. The van der Waals surface area contributed by atoms with E-state index in [2.05, 4.69) is 15.5 Å². The van der Waals surface area contributed by atoms with E-state index in [1.165, 1.54) is 23.9 Å². The number of halogens is 2. The summed E-state index contributed by atoms with van der Waals surface area (Å²) in [5.74, 6) is 0.622. The molecule has 0 atom stereocenters. The lowest BCUT2D eigenvalue weighted by atomic mass is 10.1. The molecule has 8 heteroatoms. The van der Waals surface area contributed by atoms with Gasteiger partial charge in [-0.25, -0.2) is 4.39 Å². The van der Waals surface area contributed by atoms with Crippen molar-refractivity contribution in [2.45, 2.75) is 18.0 Å². The van der Waals surface area contributed by atoms with Gasteiger partial charge in [-0.1, -0.05) is 65.8 Å². The maximum Gasteiger partial charge on any atom is 0.230 e. The second kappa shape index (κ2) is 11.1. The van der Waals surface area contributed by atoms with Gasteiger partial charge in [0, 0.05) is 23.7 Å². The monoisotopic (exact) mass is 480 g/mol. The fraction of sp³-hybridized carbons (Fsp3) is 0.160. The largest absolute Gasteiger partial charge is 0.355 e. The number of benzene rings is 3. The molecule has 0 aliphatic heterocycles. The van der Waals surface area contributed by atoms with Gasteiger partial charge in [0.2, 0.25) is 5.91 Å². The molecule has 1 aromatic heterocycles. The molecule has 1 heterocycles. The molecule has 0 aliphatic rings. The molecular formula is C25H22ClFN4OS. The zero-order valence-corrected chi connectivity index (χ0v) is 19.3. The first-order valence-electron chi connectivity index (χ1n) is 10.5. The summed E-state index contributed by atoms with van der Waals surface area (Å²) in [6, 6.07) is 23.8. The number of carbonyl (C=O) groups excluding carboxylic acids is 1. The minimum absolute atomic E-state index is 0.0997. The van der Waals surface area contributed by atoms with Gasteiger partial charge in [-0.2, -0.15) is 0 Å². The Balaban J connectivity index is 1.42. The van der Waals surface area contributed by atoms with Crippen LogP contribution in [0.25, 0.3) is 5.69 Å². The maximum atomic E-state index is 13.0. The molecule has 0 radical (unpaired) electrons. The third-order valence-corrected chi connectivity index (χ3v) is 6.15. The summed E-state index contributed by atoms with van der Waals surface area (Å²) in [5.41, 5.74) is 2.97. The molecule has 0 unspecified atom stereocenters. The molecule has 0 spiro atoms. The molecule has 3 aromatic carbocycles. The Labute approximate surface area is 201 Å². The van der Waals surface area contributed by atoms with Gasteiger partial charge in [0.15, 0.2) is 5.16 Å². The van der Waals surface area contributed by atoms with E-state index in [0.717, 1.165) is 22.6 Å². The van der Waals surface area contributed by atoms with Crippen LogP contribution < -0.4 is 5.32 Å². The number of aromatic nitrogens is 3. The lowest BCUT2D eigenvalue weighted by Crippen LogP contribution is -2.27. The van der Waals surface area contributed by atoms with Crippen LogP contribution >= 0.6 is 23.4 Å². The molecule has 168 valence electrons. The van der Waals surface area contributed by atoms with Crippen LogP contribution in [0.1, 0.15) is 17.0 Å². The summed E-state index contributed by atoms with van der Waals surface area (Å²) < 4.78 is 15.0. The Morgan fingerprint density at radius 3 is 2.39 bits per heavy atom. The van der Waals surface area contributed by atoms with Gasteiger partial charge >= 0.3 is 0 Å². The summed E-state index contributed by atoms with van der Waals surface area (Å²) in [4.78, 5) is 12.4. The van der Waals surface area contributed by atoms with Gasteiger partial charge in [-0.15, -0.1) is 10.2 Å². The zero-order valence-electron chi connectivity index (χ0n) is 17.7. The van der Waals surface area contributed by atoms with Crippen LogP contribution in [0.2, 0.25) is 5.02 Å². The van der Waals surface area contributed by atoms with Crippen molar-refractivity contribution < 1.29 is 9.18 Å². The average molecular weight is 481 g/mol. The maximum absolute atomic E-state index is 13.0. The quantitative estimate of drug-likeness (QED) is 0.338. The van der Waals surface area contributed by atoms with Gasteiger partial charge < -0.3 is 5.32 Å². The van der Waals surface area contributed by atoms with Crippen LogP contribution in [0.3, 0.4) is 0 Å². The number of nitrogens with one attached hydrogen (secondary N) is 1. The SMILES string of the molecule is O=C(CSc1nnc(Cc2ccccc2)n1-c1ccc(Cl)cc1)NCCc1ccc(F)cc1. The van der Waals surface area contributed by atoms with Crippen molar-refractivity contribution in [3.63, 3.8) is 0 Å². The Kier molecular flexibility index (Phi) is 7.75. The van der Waals surface area contributed by atoms with Gasteiger partial charge in [0.25, 0.3) is 0 Å². The summed E-state index contributed by atoms with van der Waals surface area (Å²) in [5, 5.41) is 12.9. The highest BCUT2D eigenvalue weighted by Gasteiger charge is 2.16. The first-order valence-corrected chi connectivity index (χ1v) is 11.8. The van der Waals surface area contributed by atoms with E-state index in [9.17, 15) is 9.18 Å². The first kappa shape index (κ1) is 23.0. The van der Waals surface area contributed by atoms with Crippen molar-refractivity contribution in [1.29, 1.82) is 0 Å². The van der Waals surface area contributed by atoms with Crippen molar-refractivity contribution in [2.24, 2.45) is 0 Å². The van der Waals surface area contributed by atoms with Crippen LogP contribution in [0.4, 0.5) is 4.39 Å². The third-order valence-electron chi connectivity index (χ3n) is 4.97. The molecular weight excluding hydrogens is 459 g/mol. The van der Waals surface area contributed by atoms with Crippen molar-refractivity contribution in [3.8, 4) is 5.69 Å². The minimum atomic E-state index is -0.268. The Morgan fingerprint density at radius 1 is 0.939 bits per heavy atom. The third kappa shape index (κ3) is 6.43. The average Bonchev–Trinajstić information content (AvgIpc) is 3.22. The van der Waals surface area contributed by atoms with Gasteiger partial charge in [-0.05, 0) is 53.9 Å². The van der Waals surface area contributed by atoms with E-state index in [1.54, 1.807) is 12.1 Å². The summed E-state index contributed by atoms with van der Waals surface area (Å²) in [6.07, 6.45) is 1.25. The number of hydrogen-bond donors (Lipinski definition) is 1. The van der Waals surface area contributed by atoms with Crippen LogP contribution in [0.5, 0.6) is 0 Å². The lowest BCUT2D eigenvalue weighted by molar-refractivity contribution is -0.118. The number of thioether (sulfide) groups is 1. The summed E-state index contributed by atoms with van der Waals surface area (Å²) in [6.45, 7) is 0.480. The van der Waals surface area contributed by atoms with Gasteiger partial charge in [0.1, 0.15) is 11.6 Å². The molecule has 33 heavy (non-hydrogen) atoms. The predicted octanol–water partition coefficient (Wildman–Crippen LogP) is 5.10. The summed E-state index contributed by atoms with van der Waals surface area (Å²) >= 11 is 7.40. The van der Waals surface area contributed by atoms with E-state index < -0.39 is 0 Å². The topological polar surface area (TPSA) is 59.8 Å². The van der Waals surface area contributed by atoms with E-state index >= 15 is 0 Å². The van der Waals surface area contributed by atoms with E-state index in [0.29, 0.717) is 29.6 Å². The van der Waals surface area contributed by atoms with Crippen molar-refractivity contribution >= 4 is 29.3 Å². The van der Waals surface area contributed by atoms with Crippen LogP contribution in [-0.4, -0.2) is 33.0 Å². The number of rotatable bonds is 9. The normalized spacial score (nSPS) is 10.8. The van der Waals surface area contributed by atoms with Crippen LogP contribution in [-0.2, 0) is 17.6 Å². The smallest absolute Gasteiger partial charge is 0.230 e. The molecule has 4 aromatic rings. The number of carbonyl (C=O) groups is 1. The Morgan fingerprint density at radius 2 is 1.67 bits per heavy atom. The van der Waals surface area contributed by atoms with Crippen molar-refractivity contribution in [1.82, 2.24) is 20.1 Å². The highest BCUT2D eigenvalue weighted by molar-refractivity contribution is 7.99. The predicted molar refractivity (Wildman–Crippen MR) is 129 cm³/mol. The fourth-order valence-corrected chi connectivity index (χ4v) is 4.24. The molecule has 0 fully saturated rings. The number of hydrogen-bond acceptors (Lipinski definition) is 4. The molecule has 0 bridgehead atoms. The van der Waals surface area contributed by atoms with Crippen molar-refractivity contribution in [3.05, 3.63) is 107 Å². The van der Waals surface area contributed by atoms with E-state index in [4.69, 9.17) is 11.6 Å². The summed E-state index contributed by atoms with van der Waals surface area (Å²) in [7, 11) is 0. The Bertz CT molecular complexity index is 1200.